The van der Waals surface area contributed by atoms with Gasteiger partial charge in [0, 0.05) is 29.8 Å². The molecule has 28 heavy (non-hydrogen) atoms. The van der Waals surface area contributed by atoms with Crippen LogP contribution in [0.1, 0.15) is 51.5 Å². The van der Waals surface area contributed by atoms with Gasteiger partial charge < -0.3 is 14.2 Å². The summed E-state index contributed by atoms with van der Waals surface area (Å²) in [5.41, 5.74) is 1.13. The molecule has 1 saturated heterocycles. The molecule has 152 valence electrons. The minimum absolute atomic E-state index is 0.0877. The van der Waals surface area contributed by atoms with Crippen LogP contribution in [0.4, 0.5) is 0 Å². The van der Waals surface area contributed by atoms with Crippen LogP contribution in [-0.2, 0) is 0 Å². The first kappa shape index (κ1) is 20.6. The van der Waals surface area contributed by atoms with Gasteiger partial charge in [0.05, 0.1) is 7.11 Å². The summed E-state index contributed by atoms with van der Waals surface area (Å²) in [6, 6.07) is 4.59. The van der Waals surface area contributed by atoms with Crippen LogP contribution in [0, 0.1) is 23.7 Å². The van der Waals surface area contributed by atoms with Gasteiger partial charge in [0.25, 0.3) is 0 Å². The van der Waals surface area contributed by atoms with Crippen molar-refractivity contribution in [3.8, 4) is 29.6 Å². The maximum absolute atomic E-state index is 5.95. The van der Waals surface area contributed by atoms with Crippen molar-refractivity contribution in [2.45, 2.75) is 52.0 Å². The number of hydrogen-bond donors (Lipinski definition) is 0. The van der Waals surface area contributed by atoms with Crippen molar-refractivity contribution in [2.24, 2.45) is 11.3 Å². The summed E-state index contributed by atoms with van der Waals surface area (Å²) in [4.78, 5) is 2.55. The van der Waals surface area contributed by atoms with Crippen molar-refractivity contribution in [1.82, 2.24) is 4.90 Å². The van der Waals surface area contributed by atoms with E-state index in [0.29, 0.717) is 23.6 Å². The Morgan fingerprint density at radius 1 is 1.39 bits per heavy atom. The Labute approximate surface area is 169 Å². The lowest BCUT2D eigenvalue weighted by atomic mass is 9.75. The highest BCUT2D eigenvalue weighted by Crippen LogP contribution is 2.48. The first-order valence-electron chi connectivity index (χ1n) is 10.3. The third-order valence-electron chi connectivity index (χ3n) is 6.41. The average Bonchev–Trinajstić information content (AvgIpc) is 3.31. The minimum atomic E-state index is -0.0877. The Morgan fingerprint density at radius 2 is 2.18 bits per heavy atom. The highest BCUT2D eigenvalue weighted by atomic mass is 16.7. The summed E-state index contributed by atoms with van der Waals surface area (Å²) in [6.07, 6.45) is 11.2. The highest BCUT2D eigenvalue weighted by Gasteiger charge is 2.43. The molecule has 3 rings (SSSR count). The highest BCUT2D eigenvalue weighted by molar-refractivity contribution is 5.56. The van der Waals surface area contributed by atoms with Gasteiger partial charge in [-0.3, -0.25) is 4.90 Å². The van der Waals surface area contributed by atoms with E-state index in [9.17, 15) is 0 Å². The van der Waals surface area contributed by atoms with Crippen LogP contribution >= 0.6 is 0 Å². The summed E-state index contributed by atoms with van der Waals surface area (Å²) in [6.45, 7) is 13.1. The SMILES string of the molecule is C#C[C@@](C)(CCC)C[C@H]1[C@H](C=C)[C@@H](c2cc(OC)c3c(c2)OCO3)CN1CC. The fraction of sp³-hybridized carbons (Fsp3) is 0.583. The molecule has 2 aliphatic rings. The van der Waals surface area contributed by atoms with Crippen molar-refractivity contribution in [1.29, 1.82) is 0 Å². The molecule has 1 fully saturated rings. The molecular weight excluding hydrogens is 350 g/mol. The van der Waals surface area contributed by atoms with E-state index in [1.165, 1.54) is 5.56 Å². The lowest BCUT2D eigenvalue weighted by molar-refractivity contribution is 0.171. The zero-order valence-electron chi connectivity index (χ0n) is 17.7. The van der Waals surface area contributed by atoms with Gasteiger partial charge in [-0.2, -0.15) is 0 Å². The van der Waals surface area contributed by atoms with Gasteiger partial charge >= 0.3 is 0 Å². The van der Waals surface area contributed by atoms with E-state index in [-0.39, 0.29) is 12.2 Å². The van der Waals surface area contributed by atoms with E-state index in [1.54, 1.807) is 7.11 Å². The number of nitrogens with zero attached hydrogens (tertiary/aromatic N) is 1. The van der Waals surface area contributed by atoms with E-state index >= 15 is 0 Å². The number of terminal acetylenes is 1. The van der Waals surface area contributed by atoms with E-state index in [4.69, 9.17) is 20.6 Å². The predicted octanol–water partition coefficient (Wildman–Crippen LogP) is 4.84. The Bertz CT molecular complexity index is 753. The van der Waals surface area contributed by atoms with Crippen LogP contribution in [0.3, 0.4) is 0 Å². The second-order valence-corrected chi connectivity index (χ2v) is 8.19. The second-order valence-electron chi connectivity index (χ2n) is 8.19. The van der Waals surface area contributed by atoms with Crippen molar-refractivity contribution >= 4 is 0 Å². The molecular formula is C24H33NO3. The van der Waals surface area contributed by atoms with Crippen LogP contribution < -0.4 is 14.2 Å². The summed E-state index contributed by atoms with van der Waals surface area (Å²) < 4.78 is 16.8. The first-order chi connectivity index (χ1) is 13.5. The van der Waals surface area contributed by atoms with Gasteiger partial charge in [-0.15, -0.1) is 18.9 Å². The third-order valence-corrected chi connectivity index (χ3v) is 6.41. The molecule has 1 aromatic rings. The fourth-order valence-corrected chi connectivity index (χ4v) is 4.91. The monoisotopic (exact) mass is 383 g/mol. The number of likely N-dealkylation sites (tertiary alicyclic amines) is 1. The van der Waals surface area contributed by atoms with Crippen molar-refractivity contribution in [3.05, 3.63) is 30.4 Å². The summed E-state index contributed by atoms with van der Waals surface area (Å²) in [5.74, 6) is 5.94. The summed E-state index contributed by atoms with van der Waals surface area (Å²) in [7, 11) is 1.67. The molecule has 0 spiro atoms. The molecule has 4 nitrogen and oxygen atoms in total. The number of likely N-dealkylation sites (N-methyl/N-ethyl adjacent to an activating group) is 1. The number of fused-ring (bicyclic) bond motifs is 1. The Hall–Kier alpha value is -2.12. The number of methoxy groups -OCH3 is 1. The van der Waals surface area contributed by atoms with E-state index in [0.717, 1.165) is 43.9 Å². The molecule has 0 aromatic heterocycles. The number of rotatable bonds is 8. The molecule has 4 atom stereocenters. The van der Waals surface area contributed by atoms with Crippen LogP contribution in [-0.4, -0.2) is 37.9 Å². The van der Waals surface area contributed by atoms with Gasteiger partial charge in [0.2, 0.25) is 12.5 Å². The lowest BCUT2D eigenvalue weighted by Crippen LogP contribution is -2.36. The van der Waals surface area contributed by atoms with E-state index < -0.39 is 0 Å². The molecule has 4 heteroatoms. The average molecular weight is 384 g/mol. The molecule has 0 aliphatic carbocycles. The smallest absolute Gasteiger partial charge is 0.231 e. The fourth-order valence-electron chi connectivity index (χ4n) is 4.91. The van der Waals surface area contributed by atoms with Crippen molar-refractivity contribution < 1.29 is 14.2 Å². The number of hydrogen-bond acceptors (Lipinski definition) is 4. The topological polar surface area (TPSA) is 30.9 Å². The Kier molecular flexibility index (Phi) is 6.25. The van der Waals surface area contributed by atoms with Gasteiger partial charge in [-0.1, -0.05) is 26.3 Å². The zero-order chi connectivity index (χ0) is 20.3. The quantitative estimate of drug-likeness (QED) is 0.475. The Morgan fingerprint density at radius 3 is 2.79 bits per heavy atom. The van der Waals surface area contributed by atoms with Crippen LogP contribution in [0.15, 0.2) is 24.8 Å². The minimum Gasteiger partial charge on any atom is -0.493 e. The molecule has 0 radical (unpaired) electrons. The normalized spacial score (nSPS) is 25.9. The van der Waals surface area contributed by atoms with Crippen LogP contribution in [0.25, 0.3) is 0 Å². The lowest BCUT2D eigenvalue weighted by Gasteiger charge is -2.33. The third kappa shape index (κ3) is 3.73. The second kappa shape index (κ2) is 8.49. The molecule has 0 unspecified atom stereocenters. The predicted molar refractivity (Wildman–Crippen MR) is 113 cm³/mol. The van der Waals surface area contributed by atoms with Gasteiger partial charge in [-0.05, 0) is 44.0 Å². The molecule has 2 heterocycles. The molecule has 1 aromatic carbocycles. The largest absolute Gasteiger partial charge is 0.493 e. The van der Waals surface area contributed by atoms with Gasteiger partial charge in [0.15, 0.2) is 11.5 Å². The van der Waals surface area contributed by atoms with Crippen molar-refractivity contribution in [2.75, 3.05) is 27.0 Å². The molecule has 0 amide bonds. The van der Waals surface area contributed by atoms with Gasteiger partial charge in [-0.25, -0.2) is 0 Å². The van der Waals surface area contributed by atoms with Gasteiger partial charge in [0.1, 0.15) is 0 Å². The molecule has 0 saturated carbocycles. The van der Waals surface area contributed by atoms with Crippen LogP contribution in [0.2, 0.25) is 0 Å². The maximum atomic E-state index is 5.95. The number of benzene rings is 1. The maximum Gasteiger partial charge on any atom is 0.231 e. The van der Waals surface area contributed by atoms with E-state index in [1.807, 2.05) is 0 Å². The molecule has 2 aliphatic heterocycles. The zero-order valence-corrected chi connectivity index (χ0v) is 17.7. The summed E-state index contributed by atoms with van der Waals surface area (Å²) in [5, 5.41) is 0. The van der Waals surface area contributed by atoms with E-state index in [2.05, 4.69) is 56.4 Å². The van der Waals surface area contributed by atoms with Crippen molar-refractivity contribution in [3.63, 3.8) is 0 Å². The summed E-state index contributed by atoms with van der Waals surface area (Å²) >= 11 is 0. The van der Waals surface area contributed by atoms with Crippen LogP contribution in [0.5, 0.6) is 17.2 Å². The standard InChI is InChI=1S/C24H33NO3/c1-7-11-24(5,9-3)14-20-18(8-2)19(15-25(20)10-4)17-12-21(26-6)23-22(13-17)27-16-28-23/h3,8,12-13,18-20H,2,7,10-11,14-16H2,1,4-6H3/t18-,19-,20+,24+/m1/s1. The number of ether oxygens (including phenoxy) is 3. The molecule has 0 bridgehead atoms. The molecule has 0 N–H and O–H groups in total. The first-order valence-corrected chi connectivity index (χ1v) is 10.3. The Balaban J connectivity index is 1.93.